The Labute approximate surface area is 74.5 Å². The van der Waals surface area contributed by atoms with Gasteiger partial charge in [0, 0.05) is 12.1 Å². The molecule has 0 saturated carbocycles. The van der Waals surface area contributed by atoms with Gasteiger partial charge in [-0.05, 0) is 38.9 Å². The van der Waals surface area contributed by atoms with Crippen molar-refractivity contribution in [2.45, 2.75) is 31.7 Å². The first-order valence-electron chi connectivity index (χ1n) is 5.01. The van der Waals surface area contributed by atoms with Gasteiger partial charge >= 0.3 is 0 Å². The Hall–Kier alpha value is -0.120. The molecule has 0 unspecified atom stereocenters. The Morgan fingerprint density at radius 3 is 2.08 bits per heavy atom. The van der Waals surface area contributed by atoms with Gasteiger partial charge in [0.15, 0.2) is 0 Å². The van der Waals surface area contributed by atoms with Crippen molar-refractivity contribution in [1.82, 2.24) is 9.91 Å². The summed E-state index contributed by atoms with van der Waals surface area (Å²) in [6.45, 7) is 7.01. The van der Waals surface area contributed by atoms with Crippen LogP contribution in [0.1, 0.15) is 26.2 Å². The van der Waals surface area contributed by atoms with Gasteiger partial charge in [0.05, 0.1) is 0 Å². The van der Waals surface area contributed by atoms with Crippen LogP contribution in [0.2, 0.25) is 0 Å². The lowest BCUT2D eigenvalue weighted by Crippen LogP contribution is -2.66. The Bertz CT molecular complexity index is 161. The van der Waals surface area contributed by atoms with E-state index in [1.54, 1.807) is 0 Å². The summed E-state index contributed by atoms with van der Waals surface area (Å²) >= 11 is 0. The largest absolute Gasteiger partial charge is 0.303 e. The molecule has 2 aliphatic rings. The van der Waals surface area contributed by atoms with Crippen LogP contribution in [0.25, 0.3) is 0 Å². The molecule has 0 amide bonds. The van der Waals surface area contributed by atoms with E-state index in [9.17, 15) is 0 Å². The van der Waals surface area contributed by atoms with Gasteiger partial charge in [-0.2, -0.15) is 0 Å². The molecule has 2 saturated heterocycles. The summed E-state index contributed by atoms with van der Waals surface area (Å²) in [6, 6.07) is 0. The normalized spacial score (nSPS) is 30.5. The molecule has 1 spiro atoms. The molecular weight excluding hydrogens is 150 g/mol. The van der Waals surface area contributed by atoms with Crippen LogP contribution in [0.3, 0.4) is 0 Å². The molecule has 0 bridgehead atoms. The molecule has 2 heterocycles. The predicted molar refractivity (Wildman–Crippen MR) is 49.6 cm³/mol. The molecule has 12 heavy (non-hydrogen) atoms. The predicted octanol–water partition coefficient (Wildman–Crippen LogP) is 0.420. The second-order valence-corrected chi connectivity index (χ2v) is 4.10. The zero-order valence-electron chi connectivity index (χ0n) is 7.92. The summed E-state index contributed by atoms with van der Waals surface area (Å²) in [7, 11) is 0. The zero-order valence-corrected chi connectivity index (χ0v) is 7.92. The number of hydrogen-bond acceptors (Lipinski definition) is 3. The molecule has 0 aromatic heterocycles. The Morgan fingerprint density at radius 2 is 1.75 bits per heavy atom. The molecule has 0 aliphatic carbocycles. The molecule has 0 aromatic rings. The van der Waals surface area contributed by atoms with Crippen molar-refractivity contribution in [2.75, 3.05) is 26.2 Å². The van der Waals surface area contributed by atoms with E-state index in [0.717, 1.165) is 6.54 Å². The van der Waals surface area contributed by atoms with Gasteiger partial charge in [-0.3, -0.25) is 5.84 Å². The maximum Gasteiger partial charge on any atom is 0.0388 e. The van der Waals surface area contributed by atoms with Crippen LogP contribution in [0.15, 0.2) is 0 Å². The van der Waals surface area contributed by atoms with Crippen LogP contribution < -0.4 is 5.84 Å². The van der Waals surface area contributed by atoms with Crippen LogP contribution in [-0.4, -0.2) is 41.6 Å². The molecule has 2 N–H and O–H groups in total. The van der Waals surface area contributed by atoms with Crippen LogP contribution >= 0.6 is 0 Å². The standard InChI is InChI=1S/C9H19N3/c1-2-11-6-3-9(4-7-11)5-8-12(9)10/h2-8,10H2,1H3. The van der Waals surface area contributed by atoms with Crippen LogP contribution in [0, 0.1) is 0 Å². The molecule has 3 heteroatoms. The summed E-state index contributed by atoms with van der Waals surface area (Å²) < 4.78 is 0. The number of nitrogens with zero attached hydrogens (tertiary/aromatic N) is 2. The van der Waals surface area contributed by atoms with Crippen LogP contribution in [-0.2, 0) is 0 Å². The minimum atomic E-state index is 0.408. The van der Waals surface area contributed by atoms with E-state index in [1.807, 2.05) is 0 Å². The first-order valence-corrected chi connectivity index (χ1v) is 5.01. The Balaban J connectivity index is 1.89. The van der Waals surface area contributed by atoms with E-state index in [1.165, 1.54) is 38.9 Å². The maximum atomic E-state index is 5.89. The zero-order chi connectivity index (χ0) is 8.60. The third-order valence-electron chi connectivity index (χ3n) is 3.66. The van der Waals surface area contributed by atoms with E-state index in [2.05, 4.69) is 16.8 Å². The van der Waals surface area contributed by atoms with Crippen molar-refractivity contribution in [3.63, 3.8) is 0 Å². The molecule has 0 atom stereocenters. The summed E-state index contributed by atoms with van der Waals surface area (Å²) in [6.07, 6.45) is 3.87. The number of likely N-dealkylation sites (tertiary alicyclic amines) is 1. The molecule has 0 radical (unpaired) electrons. The average Bonchev–Trinajstić information content (AvgIpc) is 2.16. The topological polar surface area (TPSA) is 32.5 Å². The average molecular weight is 169 g/mol. The fourth-order valence-corrected chi connectivity index (χ4v) is 2.38. The number of hydrogen-bond donors (Lipinski definition) is 1. The monoisotopic (exact) mass is 169 g/mol. The molecular formula is C9H19N3. The summed E-state index contributed by atoms with van der Waals surface area (Å²) in [5.74, 6) is 5.89. The van der Waals surface area contributed by atoms with Crippen molar-refractivity contribution >= 4 is 0 Å². The first kappa shape index (κ1) is 8.48. The SMILES string of the molecule is CCN1CCC2(CC1)CCN2N. The highest BCUT2D eigenvalue weighted by Crippen LogP contribution is 2.36. The van der Waals surface area contributed by atoms with Crippen molar-refractivity contribution in [3.05, 3.63) is 0 Å². The van der Waals surface area contributed by atoms with Gasteiger partial charge in [-0.25, -0.2) is 5.01 Å². The van der Waals surface area contributed by atoms with Gasteiger partial charge < -0.3 is 4.90 Å². The van der Waals surface area contributed by atoms with Crippen LogP contribution in [0.5, 0.6) is 0 Å². The number of nitrogens with two attached hydrogens (primary N) is 1. The van der Waals surface area contributed by atoms with Gasteiger partial charge in [0.1, 0.15) is 0 Å². The molecule has 2 aliphatic heterocycles. The highest BCUT2D eigenvalue weighted by atomic mass is 15.5. The van der Waals surface area contributed by atoms with Gasteiger partial charge in [0.25, 0.3) is 0 Å². The van der Waals surface area contributed by atoms with Crippen molar-refractivity contribution in [3.8, 4) is 0 Å². The molecule has 0 aromatic carbocycles. The van der Waals surface area contributed by atoms with Gasteiger partial charge in [0.2, 0.25) is 0 Å². The van der Waals surface area contributed by atoms with Gasteiger partial charge in [-0.1, -0.05) is 6.92 Å². The second kappa shape index (κ2) is 2.98. The summed E-state index contributed by atoms with van der Waals surface area (Å²) in [5, 5.41) is 2.06. The summed E-state index contributed by atoms with van der Waals surface area (Å²) in [4.78, 5) is 2.51. The maximum absolute atomic E-state index is 5.89. The highest BCUT2D eigenvalue weighted by Gasteiger charge is 2.44. The molecule has 3 nitrogen and oxygen atoms in total. The molecule has 2 rings (SSSR count). The van der Waals surface area contributed by atoms with E-state index >= 15 is 0 Å². The fourth-order valence-electron chi connectivity index (χ4n) is 2.38. The smallest absolute Gasteiger partial charge is 0.0388 e. The third-order valence-corrected chi connectivity index (χ3v) is 3.66. The van der Waals surface area contributed by atoms with E-state index in [4.69, 9.17) is 5.84 Å². The number of hydrazine groups is 1. The fraction of sp³-hybridized carbons (Fsp3) is 1.00. The highest BCUT2D eigenvalue weighted by molar-refractivity contribution is 5.00. The van der Waals surface area contributed by atoms with E-state index in [-0.39, 0.29) is 0 Å². The number of piperidine rings is 1. The Kier molecular flexibility index (Phi) is 2.10. The lowest BCUT2D eigenvalue weighted by atomic mass is 9.78. The van der Waals surface area contributed by atoms with Gasteiger partial charge in [-0.15, -0.1) is 0 Å². The molecule has 2 fully saturated rings. The van der Waals surface area contributed by atoms with Crippen LogP contribution in [0.4, 0.5) is 0 Å². The quantitative estimate of drug-likeness (QED) is 0.577. The summed E-state index contributed by atoms with van der Waals surface area (Å²) in [5.41, 5.74) is 0.408. The lowest BCUT2D eigenvalue weighted by molar-refractivity contribution is -0.0590. The second-order valence-electron chi connectivity index (χ2n) is 4.10. The van der Waals surface area contributed by atoms with E-state index < -0.39 is 0 Å². The lowest BCUT2D eigenvalue weighted by Gasteiger charge is -2.54. The van der Waals surface area contributed by atoms with Crippen molar-refractivity contribution in [2.24, 2.45) is 5.84 Å². The minimum Gasteiger partial charge on any atom is -0.303 e. The van der Waals surface area contributed by atoms with E-state index in [0.29, 0.717) is 5.54 Å². The number of rotatable bonds is 1. The Morgan fingerprint density at radius 1 is 1.17 bits per heavy atom. The first-order chi connectivity index (χ1) is 5.77. The molecule has 70 valence electrons. The third kappa shape index (κ3) is 1.16. The van der Waals surface area contributed by atoms with Crippen molar-refractivity contribution < 1.29 is 0 Å². The minimum absolute atomic E-state index is 0.408. The van der Waals surface area contributed by atoms with Crippen molar-refractivity contribution in [1.29, 1.82) is 0 Å².